The summed E-state index contributed by atoms with van der Waals surface area (Å²) in [5, 5.41) is 0. The molecule has 4 saturated carbocycles. The van der Waals surface area contributed by atoms with Gasteiger partial charge in [-0.15, -0.1) is 0 Å². The normalized spacial score (nSPS) is 51.8. The van der Waals surface area contributed by atoms with E-state index in [2.05, 4.69) is 83.1 Å². The molecule has 0 aromatic carbocycles. The Bertz CT molecular complexity index is 781. The van der Waals surface area contributed by atoms with Crippen molar-refractivity contribution in [3.8, 4) is 0 Å². The van der Waals surface area contributed by atoms with Crippen LogP contribution in [0.2, 0.25) is 0 Å². The summed E-state index contributed by atoms with van der Waals surface area (Å²) in [7, 11) is 3.76. The molecule has 4 rings (SSSR count). The zero-order chi connectivity index (χ0) is 32.0. The van der Waals surface area contributed by atoms with Crippen molar-refractivity contribution < 1.29 is 18.9 Å². The Morgan fingerprint density at radius 2 is 0.674 bits per heavy atom. The van der Waals surface area contributed by atoms with E-state index in [0.717, 1.165) is 37.5 Å². The molecule has 4 nitrogen and oxygen atoms in total. The first-order valence-corrected chi connectivity index (χ1v) is 18.5. The summed E-state index contributed by atoms with van der Waals surface area (Å²) < 4.78 is 25.8. The number of hydrogen-bond donors (Lipinski definition) is 0. The molecule has 4 aliphatic rings. The van der Waals surface area contributed by atoms with Gasteiger partial charge in [0.15, 0.2) is 0 Å². The lowest BCUT2D eigenvalue weighted by Crippen LogP contribution is -2.54. The quantitative estimate of drug-likeness (QED) is 0.276. The average molecular weight is 605 g/mol. The minimum atomic E-state index is 0.291. The zero-order valence-electron chi connectivity index (χ0n) is 30.8. The summed E-state index contributed by atoms with van der Waals surface area (Å²) in [4.78, 5) is 0. The molecule has 0 amide bonds. The fraction of sp³-hybridized carbons (Fsp3) is 1.00. The van der Waals surface area contributed by atoms with E-state index in [1.807, 2.05) is 14.2 Å². The summed E-state index contributed by atoms with van der Waals surface area (Å²) >= 11 is 0. The summed E-state index contributed by atoms with van der Waals surface area (Å²) in [5.74, 6) is 7.35. The van der Waals surface area contributed by atoms with Crippen LogP contribution in [0, 0.1) is 76.4 Å². The summed E-state index contributed by atoms with van der Waals surface area (Å²) in [5.41, 5.74) is 0.291. The molecule has 0 heterocycles. The molecule has 14 unspecified atom stereocenters. The van der Waals surface area contributed by atoms with Crippen LogP contribution in [0.3, 0.4) is 0 Å². The molecule has 4 aliphatic carbocycles. The molecule has 0 spiro atoms. The number of rotatable bonds is 8. The maximum Gasteiger partial charge on any atom is 0.0632 e. The molecule has 0 radical (unpaired) electrons. The zero-order valence-corrected chi connectivity index (χ0v) is 30.8. The predicted octanol–water partition coefficient (Wildman–Crippen LogP) is 9.54. The average Bonchev–Trinajstić information content (AvgIpc) is 2.92. The molecule has 0 aliphatic heterocycles. The predicted molar refractivity (Wildman–Crippen MR) is 179 cm³/mol. The van der Waals surface area contributed by atoms with E-state index in [4.69, 9.17) is 18.9 Å². The van der Waals surface area contributed by atoms with E-state index < -0.39 is 0 Å². The summed E-state index contributed by atoms with van der Waals surface area (Å²) in [6.45, 7) is 29.7. The van der Waals surface area contributed by atoms with Gasteiger partial charge in [-0.25, -0.2) is 0 Å². The summed E-state index contributed by atoms with van der Waals surface area (Å²) in [6.07, 6.45) is 9.30. The van der Waals surface area contributed by atoms with Crippen LogP contribution in [0.5, 0.6) is 0 Å². The van der Waals surface area contributed by atoms with Gasteiger partial charge in [-0.2, -0.15) is 0 Å². The molecule has 252 valence electrons. The van der Waals surface area contributed by atoms with Gasteiger partial charge in [-0.3, -0.25) is 0 Å². The highest BCUT2D eigenvalue weighted by Gasteiger charge is 2.53. The third-order valence-corrected chi connectivity index (χ3v) is 14.3. The van der Waals surface area contributed by atoms with Gasteiger partial charge in [0.05, 0.1) is 36.6 Å². The van der Waals surface area contributed by atoms with Gasteiger partial charge < -0.3 is 18.9 Å². The van der Waals surface area contributed by atoms with E-state index in [9.17, 15) is 0 Å². The van der Waals surface area contributed by atoms with Crippen LogP contribution >= 0.6 is 0 Å². The molecule has 0 saturated heterocycles. The van der Waals surface area contributed by atoms with Gasteiger partial charge >= 0.3 is 0 Å². The van der Waals surface area contributed by atoms with E-state index in [1.165, 1.54) is 12.8 Å². The summed E-state index contributed by atoms with van der Waals surface area (Å²) in [6, 6.07) is 0. The molecular formula is C39H72O4. The van der Waals surface area contributed by atoms with Crippen molar-refractivity contribution in [2.75, 3.05) is 14.2 Å². The Morgan fingerprint density at radius 3 is 0.953 bits per heavy atom. The molecule has 0 bridgehead atoms. The number of methoxy groups -OCH3 is 2. The smallest absolute Gasteiger partial charge is 0.0632 e. The van der Waals surface area contributed by atoms with Crippen LogP contribution in [0.15, 0.2) is 0 Å². The number of hydrogen-bond acceptors (Lipinski definition) is 4. The molecular weight excluding hydrogens is 532 g/mol. The number of ether oxygens (including phenoxy) is 4. The highest BCUT2D eigenvalue weighted by molar-refractivity contribution is 5.01. The SMILES string of the molecule is COC1C(C)CC(OC2C(C)CC(C(C)(C)C3CC(C)C(OC4CC(C)C(OC)C(C)C4)C(C)C3C)C(C)C2C)CC1C. The maximum atomic E-state index is 7.06. The Balaban J connectivity index is 1.40. The molecule has 43 heavy (non-hydrogen) atoms. The standard InChI is InChI=1S/C39H72O4/c1-21-15-31(16-22(2)35(21)40-13)42-37-25(5)19-33(27(7)29(37)9)39(11,12)34-20-26(6)38(30(10)28(34)8)43-32-17-23(3)36(41-14)24(4)18-32/h21-38H,15-20H2,1-14H3. The Kier molecular flexibility index (Phi) is 11.9. The Morgan fingerprint density at radius 1 is 0.395 bits per heavy atom. The van der Waals surface area contributed by atoms with Crippen LogP contribution in [0.1, 0.15) is 122 Å². The second-order valence-electron chi connectivity index (χ2n) is 17.6. The fourth-order valence-corrected chi connectivity index (χ4v) is 11.7. The molecule has 0 aromatic heterocycles. The molecule has 0 N–H and O–H groups in total. The lowest BCUT2D eigenvalue weighted by molar-refractivity contribution is -0.174. The van der Waals surface area contributed by atoms with E-state index >= 15 is 0 Å². The van der Waals surface area contributed by atoms with Crippen molar-refractivity contribution >= 4 is 0 Å². The second kappa shape index (κ2) is 14.3. The highest BCUT2D eigenvalue weighted by Crippen LogP contribution is 2.57. The van der Waals surface area contributed by atoms with Crippen molar-refractivity contribution in [1.29, 1.82) is 0 Å². The van der Waals surface area contributed by atoms with Gasteiger partial charge in [-0.1, -0.05) is 83.1 Å². The van der Waals surface area contributed by atoms with Crippen molar-refractivity contribution in [2.45, 2.75) is 158 Å². The van der Waals surface area contributed by atoms with Gasteiger partial charge in [0.2, 0.25) is 0 Å². The van der Waals surface area contributed by atoms with Gasteiger partial charge in [0.1, 0.15) is 0 Å². The van der Waals surface area contributed by atoms with E-state index in [1.54, 1.807) is 0 Å². The molecule has 14 atom stereocenters. The lowest BCUT2D eigenvalue weighted by Gasteiger charge is -2.57. The van der Waals surface area contributed by atoms with Crippen LogP contribution in [-0.4, -0.2) is 50.8 Å². The maximum absolute atomic E-state index is 7.06. The van der Waals surface area contributed by atoms with E-state index in [0.29, 0.717) is 101 Å². The highest BCUT2D eigenvalue weighted by atomic mass is 16.5. The topological polar surface area (TPSA) is 36.9 Å². The first-order chi connectivity index (χ1) is 20.1. The second-order valence-corrected chi connectivity index (χ2v) is 17.6. The molecule has 4 heteroatoms. The van der Waals surface area contributed by atoms with Crippen molar-refractivity contribution in [1.82, 2.24) is 0 Å². The van der Waals surface area contributed by atoms with Crippen LogP contribution < -0.4 is 0 Å². The first-order valence-electron chi connectivity index (χ1n) is 18.5. The monoisotopic (exact) mass is 605 g/mol. The van der Waals surface area contributed by atoms with Crippen LogP contribution in [0.25, 0.3) is 0 Å². The van der Waals surface area contributed by atoms with E-state index in [-0.39, 0.29) is 0 Å². The Labute approximate surface area is 267 Å². The minimum absolute atomic E-state index is 0.291. The van der Waals surface area contributed by atoms with Crippen LogP contribution in [-0.2, 0) is 18.9 Å². The van der Waals surface area contributed by atoms with Crippen LogP contribution in [0.4, 0.5) is 0 Å². The van der Waals surface area contributed by atoms with Gasteiger partial charge in [0.25, 0.3) is 0 Å². The van der Waals surface area contributed by atoms with Crippen molar-refractivity contribution in [3.63, 3.8) is 0 Å². The minimum Gasteiger partial charge on any atom is -0.381 e. The third-order valence-electron chi connectivity index (χ3n) is 14.3. The van der Waals surface area contributed by atoms with Crippen molar-refractivity contribution in [3.05, 3.63) is 0 Å². The fourth-order valence-electron chi connectivity index (χ4n) is 11.7. The van der Waals surface area contributed by atoms with Gasteiger partial charge in [-0.05, 0) is 115 Å². The molecule has 4 fully saturated rings. The van der Waals surface area contributed by atoms with Crippen molar-refractivity contribution in [2.24, 2.45) is 76.4 Å². The lowest BCUT2D eigenvalue weighted by atomic mass is 9.50. The Hall–Kier alpha value is -0.160. The van der Waals surface area contributed by atoms with Gasteiger partial charge in [0, 0.05) is 14.2 Å². The first kappa shape index (κ1) is 35.7. The largest absolute Gasteiger partial charge is 0.381 e. The third kappa shape index (κ3) is 7.23. The molecule has 0 aromatic rings.